The van der Waals surface area contributed by atoms with Crippen LogP contribution in [0.15, 0.2) is 36.4 Å². The van der Waals surface area contributed by atoms with Gasteiger partial charge in [0.1, 0.15) is 40.4 Å². The van der Waals surface area contributed by atoms with Crippen LogP contribution in [-0.4, -0.2) is 40.9 Å². The molecule has 0 aliphatic carbocycles. The first-order chi connectivity index (χ1) is 15.9. The first-order valence-corrected chi connectivity index (χ1v) is 11.3. The maximum absolute atomic E-state index is 13.3. The van der Waals surface area contributed by atoms with E-state index in [2.05, 4.69) is 6.58 Å². The lowest BCUT2D eigenvalue weighted by Crippen LogP contribution is -2.24. The Bertz CT molecular complexity index is 1080. The number of phenolic OH excluding ortho intramolecular Hbond substituents is 2. The predicted molar refractivity (Wildman–Crippen MR) is 129 cm³/mol. The van der Waals surface area contributed by atoms with E-state index in [4.69, 9.17) is 14.2 Å². The maximum Gasteiger partial charge on any atom is 0.174 e. The van der Waals surface area contributed by atoms with Crippen LogP contribution in [0.1, 0.15) is 67.6 Å². The van der Waals surface area contributed by atoms with Crippen molar-refractivity contribution in [3.05, 3.63) is 53.1 Å². The Hall–Kier alpha value is -3.19. The number of aromatic hydroxyl groups is 2. The van der Waals surface area contributed by atoms with Crippen molar-refractivity contribution in [3.63, 3.8) is 0 Å². The molecule has 34 heavy (non-hydrogen) atoms. The minimum Gasteiger partial charge on any atom is -0.508 e. The zero-order valence-electron chi connectivity index (χ0n) is 20.5. The van der Waals surface area contributed by atoms with Crippen molar-refractivity contribution >= 4 is 5.78 Å². The first kappa shape index (κ1) is 25.4. The van der Waals surface area contributed by atoms with Gasteiger partial charge in [-0.05, 0) is 58.1 Å². The average molecular weight is 471 g/mol. The second-order valence-electron chi connectivity index (χ2n) is 9.54. The Morgan fingerprint density at radius 3 is 2.47 bits per heavy atom. The SMILES string of the molecule is C=C(C)[C@@H](CCC(C)(C)O)Cc1c(O)cc(OC)c2c1O[C@@H](c1ccc(O)cc1OC)CC2=O. The number of aliphatic hydroxyl groups is 1. The molecule has 0 saturated carbocycles. The number of rotatable bonds is 9. The van der Waals surface area contributed by atoms with Crippen LogP contribution >= 0.6 is 0 Å². The van der Waals surface area contributed by atoms with Gasteiger partial charge in [0.15, 0.2) is 5.78 Å². The molecule has 184 valence electrons. The van der Waals surface area contributed by atoms with E-state index in [-0.39, 0.29) is 41.1 Å². The quantitative estimate of drug-likeness (QED) is 0.438. The van der Waals surface area contributed by atoms with Crippen molar-refractivity contribution in [2.24, 2.45) is 5.92 Å². The van der Waals surface area contributed by atoms with E-state index in [1.807, 2.05) is 6.92 Å². The van der Waals surface area contributed by atoms with Crippen molar-refractivity contribution < 1.29 is 34.3 Å². The Morgan fingerprint density at radius 2 is 1.88 bits per heavy atom. The maximum atomic E-state index is 13.3. The minimum absolute atomic E-state index is 0.0313. The highest BCUT2D eigenvalue weighted by Crippen LogP contribution is 2.48. The van der Waals surface area contributed by atoms with Crippen molar-refractivity contribution in [2.45, 2.75) is 58.2 Å². The first-order valence-electron chi connectivity index (χ1n) is 11.3. The third-order valence-electron chi connectivity index (χ3n) is 6.27. The van der Waals surface area contributed by atoms with Gasteiger partial charge in [0.25, 0.3) is 0 Å². The molecule has 0 fully saturated rings. The standard InChI is InChI=1S/C27H34O7/c1-15(2)16(9-10-27(3,4)31)11-19-20(29)13-24(33-6)25-21(30)14-23(34-26(19)25)18-8-7-17(28)12-22(18)32-5/h7-8,12-13,16,23,28-29,31H,1,9-11,14H2,2-6H3/t16-,23+/m0/s1. The number of hydrogen-bond donors (Lipinski definition) is 3. The topological polar surface area (TPSA) is 105 Å². The number of allylic oxidation sites excluding steroid dienone is 1. The Kier molecular flexibility index (Phi) is 7.46. The van der Waals surface area contributed by atoms with E-state index in [1.54, 1.807) is 19.9 Å². The van der Waals surface area contributed by atoms with Crippen LogP contribution in [0.5, 0.6) is 28.7 Å². The molecular formula is C27H34O7. The molecular weight excluding hydrogens is 436 g/mol. The summed E-state index contributed by atoms with van der Waals surface area (Å²) in [5, 5.41) is 30.9. The lowest BCUT2D eigenvalue weighted by molar-refractivity contribution is 0.0650. The summed E-state index contributed by atoms with van der Waals surface area (Å²) in [6, 6.07) is 6.09. The summed E-state index contributed by atoms with van der Waals surface area (Å²) in [6.07, 6.45) is 0.979. The van der Waals surface area contributed by atoms with Crippen LogP contribution < -0.4 is 14.2 Å². The van der Waals surface area contributed by atoms with Gasteiger partial charge in [-0.3, -0.25) is 4.79 Å². The summed E-state index contributed by atoms with van der Waals surface area (Å²) in [5.41, 5.74) is 1.49. The van der Waals surface area contributed by atoms with E-state index in [9.17, 15) is 20.1 Å². The number of carbonyl (C=O) groups is 1. The largest absolute Gasteiger partial charge is 0.508 e. The molecule has 1 aliphatic rings. The van der Waals surface area contributed by atoms with Crippen molar-refractivity contribution in [2.75, 3.05) is 14.2 Å². The number of ether oxygens (including phenoxy) is 3. The fourth-order valence-corrected chi connectivity index (χ4v) is 4.31. The third-order valence-corrected chi connectivity index (χ3v) is 6.27. The van der Waals surface area contributed by atoms with Gasteiger partial charge in [-0.25, -0.2) is 0 Å². The van der Waals surface area contributed by atoms with Gasteiger partial charge in [-0.2, -0.15) is 0 Å². The van der Waals surface area contributed by atoms with Crippen LogP contribution in [0, 0.1) is 5.92 Å². The lowest BCUT2D eigenvalue weighted by atomic mass is 9.84. The van der Waals surface area contributed by atoms with Crippen molar-refractivity contribution in [1.29, 1.82) is 0 Å². The molecule has 2 atom stereocenters. The number of Topliss-reactive ketones (excluding diaryl/α,β-unsaturated/α-hetero) is 1. The zero-order valence-corrected chi connectivity index (χ0v) is 20.5. The van der Waals surface area contributed by atoms with Crippen LogP contribution in [0.2, 0.25) is 0 Å². The summed E-state index contributed by atoms with van der Waals surface area (Å²) < 4.78 is 17.1. The molecule has 1 aliphatic heterocycles. The Labute approximate surface area is 200 Å². The zero-order chi connectivity index (χ0) is 25.2. The van der Waals surface area contributed by atoms with Crippen LogP contribution in [0.3, 0.4) is 0 Å². The molecule has 0 spiro atoms. The molecule has 3 N–H and O–H groups in total. The molecule has 1 heterocycles. The van der Waals surface area contributed by atoms with Gasteiger partial charge in [0, 0.05) is 23.3 Å². The molecule has 2 aromatic rings. The van der Waals surface area contributed by atoms with Gasteiger partial charge < -0.3 is 29.5 Å². The van der Waals surface area contributed by atoms with Gasteiger partial charge in [0.2, 0.25) is 0 Å². The smallest absolute Gasteiger partial charge is 0.174 e. The molecule has 0 unspecified atom stereocenters. The Balaban J connectivity index is 2.07. The van der Waals surface area contributed by atoms with Crippen LogP contribution in [0.4, 0.5) is 0 Å². The highest BCUT2D eigenvalue weighted by Gasteiger charge is 2.36. The molecule has 7 nitrogen and oxygen atoms in total. The molecule has 7 heteroatoms. The number of fused-ring (bicyclic) bond motifs is 1. The fourth-order valence-electron chi connectivity index (χ4n) is 4.31. The molecule has 2 aromatic carbocycles. The normalized spacial score (nSPS) is 16.4. The van der Waals surface area contributed by atoms with E-state index in [0.29, 0.717) is 41.7 Å². The van der Waals surface area contributed by atoms with E-state index in [0.717, 1.165) is 5.57 Å². The second-order valence-corrected chi connectivity index (χ2v) is 9.54. The van der Waals surface area contributed by atoms with Gasteiger partial charge in [-0.1, -0.05) is 12.2 Å². The molecule has 3 rings (SSSR count). The summed E-state index contributed by atoms with van der Waals surface area (Å²) in [4.78, 5) is 13.3. The molecule has 0 amide bonds. The number of benzene rings is 2. The van der Waals surface area contributed by atoms with Gasteiger partial charge in [-0.15, -0.1) is 0 Å². The number of hydrogen-bond acceptors (Lipinski definition) is 7. The van der Waals surface area contributed by atoms with Gasteiger partial charge in [0.05, 0.1) is 26.2 Å². The van der Waals surface area contributed by atoms with Crippen LogP contribution in [0.25, 0.3) is 0 Å². The highest BCUT2D eigenvalue weighted by atomic mass is 16.5. The lowest BCUT2D eigenvalue weighted by Gasteiger charge is -2.31. The second kappa shape index (κ2) is 9.97. The molecule has 0 radical (unpaired) electrons. The van der Waals surface area contributed by atoms with Crippen molar-refractivity contribution in [3.8, 4) is 28.7 Å². The highest BCUT2D eigenvalue weighted by molar-refractivity contribution is 6.03. The average Bonchev–Trinajstić information content (AvgIpc) is 2.76. The van der Waals surface area contributed by atoms with Crippen molar-refractivity contribution in [1.82, 2.24) is 0 Å². The van der Waals surface area contributed by atoms with E-state index >= 15 is 0 Å². The molecule has 0 aromatic heterocycles. The number of phenols is 2. The molecule has 0 bridgehead atoms. The summed E-state index contributed by atoms with van der Waals surface area (Å²) in [6.45, 7) is 9.53. The van der Waals surface area contributed by atoms with Gasteiger partial charge >= 0.3 is 0 Å². The minimum atomic E-state index is -0.831. The van der Waals surface area contributed by atoms with E-state index in [1.165, 1.54) is 32.4 Å². The van der Waals surface area contributed by atoms with Crippen LogP contribution in [-0.2, 0) is 6.42 Å². The number of ketones is 1. The fraction of sp³-hybridized carbons (Fsp3) is 0.444. The monoisotopic (exact) mass is 470 g/mol. The number of carbonyl (C=O) groups excluding carboxylic acids is 1. The molecule has 0 saturated heterocycles. The summed E-state index contributed by atoms with van der Waals surface area (Å²) in [7, 11) is 2.92. The summed E-state index contributed by atoms with van der Waals surface area (Å²) in [5.74, 6) is 0.721. The third kappa shape index (κ3) is 5.47. The number of methoxy groups -OCH3 is 2. The summed E-state index contributed by atoms with van der Waals surface area (Å²) >= 11 is 0. The predicted octanol–water partition coefficient (Wildman–Crippen LogP) is 5.11. The Morgan fingerprint density at radius 1 is 1.21 bits per heavy atom. The van der Waals surface area contributed by atoms with E-state index < -0.39 is 11.7 Å².